The van der Waals surface area contributed by atoms with Crippen LogP contribution in [0.4, 0.5) is 11.4 Å². The summed E-state index contributed by atoms with van der Waals surface area (Å²) < 4.78 is 35.2. The fourth-order valence-electron chi connectivity index (χ4n) is 4.09. The van der Waals surface area contributed by atoms with Gasteiger partial charge in [-0.15, -0.1) is 4.40 Å². The highest BCUT2D eigenvalue weighted by Gasteiger charge is 2.32. The van der Waals surface area contributed by atoms with E-state index in [1.807, 2.05) is 23.1 Å². The zero-order valence-corrected chi connectivity index (χ0v) is 19.8. The summed E-state index contributed by atoms with van der Waals surface area (Å²) in [6.07, 6.45) is 3.59. The minimum atomic E-state index is -3.85. The van der Waals surface area contributed by atoms with Crippen molar-refractivity contribution in [3.63, 3.8) is 0 Å². The van der Waals surface area contributed by atoms with Gasteiger partial charge in [0.1, 0.15) is 16.5 Å². The molecule has 4 rings (SSSR count). The van der Waals surface area contributed by atoms with E-state index in [9.17, 15) is 13.2 Å². The Kier molecular flexibility index (Phi) is 5.75. The third kappa shape index (κ3) is 4.24. The smallest absolute Gasteiger partial charge is 0.286 e. The lowest BCUT2D eigenvalue weighted by Crippen LogP contribution is -2.35. The molecular formula is C24H29N3O4S. The first-order chi connectivity index (χ1) is 15.1. The maximum Gasteiger partial charge on any atom is 0.286 e. The molecule has 2 aliphatic heterocycles. The summed E-state index contributed by atoms with van der Waals surface area (Å²) in [6.45, 7) is 6.99. The van der Waals surface area contributed by atoms with Crippen molar-refractivity contribution in [3.8, 4) is 5.75 Å². The number of amidine groups is 1. The van der Waals surface area contributed by atoms with Crippen molar-refractivity contribution in [3.05, 3.63) is 47.5 Å². The summed E-state index contributed by atoms with van der Waals surface area (Å²) >= 11 is 0. The molecule has 1 fully saturated rings. The van der Waals surface area contributed by atoms with Crippen LogP contribution >= 0.6 is 0 Å². The van der Waals surface area contributed by atoms with Crippen molar-refractivity contribution >= 4 is 33.1 Å². The Morgan fingerprint density at radius 2 is 1.88 bits per heavy atom. The van der Waals surface area contributed by atoms with Gasteiger partial charge in [-0.3, -0.25) is 4.79 Å². The molecule has 2 aromatic rings. The molecule has 7 nitrogen and oxygen atoms in total. The van der Waals surface area contributed by atoms with Crippen molar-refractivity contribution in [1.82, 2.24) is 0 Å². The van der Waals surface area contributed by atoms with Gasteiger partial charge in [-0.1, -0.05) is 33.3 Å². The zero-order valence-electron chi connectivity index (χ0n) is 18.9. The lowest BCUT2D eigenvalue weighted by Gasteiger charge is -2.29. The first kappa shape index (κ1) is 22.3. The van der Waals surface area contributed by atoms with Crippen molar-refractivity contribution < 1.29 is 17.9 Å². The molecule has 0 unspecified atom stereocenters. The van der Waals surface area contributed by atoms with Crippen molar-refractivity contribution in [1.29, 1.82) is 0 Å². The molecule has 1 N–H and O–H groups in total. The average Bonchev–Trinajstić information content (AvgIpc) is 2.97. The normalized spacial score (nSPS) is 17.5. The third-order valence-electron chi connectivity index (χ3n) is 5.92. The molecule has 8 heteroatoms. The monoisotopic (exact) mass is 455 g/mol. The number of sulfonamides is 1. The van der Waals surface area contributed by atoms with Crippen LogP contribution in [0.1, 0.15) is 62.4 Å². The molecule has 0 aliphatic carbocycles. The standard InChI is InChI=1S/C24H29N3O4S/c1-24(2,3)17-10-12-20(31-4)18(15-17)25-23(28)16-9-11-19-21(14-16)32(29,30)26-22-8-6-5-7-13-27(19)22/h9-12,14-15H,5-8,13H2,1-4H3,(H,25,28). The average molecular weight is 456 g/mol. The minimum Gasteiger partial charge on any atom is -0.495 e. The topological polar surface area (TPSA) is 88.1 Å². The minimum absolute atomic E-state index is 0.0752. The van der Waals surface area contributed by atoms with Crippen LogP contribution < -0.4 is 15.0 Å². The maximum absolute atomic E-state index is 13.1. The third-order valence-corrected chi connectivity index (χ3v) is 7.26. The van der Waals surface area contributed by atoms with E-state index < -0.39 is 15.9 Å². The zero-order chi connectivity index (χ0) is 23.1. The Balaban J connectivity index is 1.68. The fourth-order valence-corrected chi connectivity index (χ4v) is 5.37. The molecule has 2 aliphatic rings. The second-order valence-electron chi connectivity index (χ2n) is 9.25. The number of benzene rings is 2. The largest absolute Gasteiger partial charge is 0.495 e. The molecule has 0 radical (unpaired) electrons. The van der Waals surface area contributed by atoms with E-state index >= 15 is 0 Å². The molecular weight excluding hydrogens is 426 g/mol. The number of hydrogen-bond acceptors (Lipinski definition) is 5. The first-order valence-electron chi connectivity index (χ1n) is 10.9. The van der Waals surface area contributed by atoms with Crippen molar-refractivity contribution in [2.24, 2.45) is 4.40 Å². The molecule has 0 atom stereocenters. The molecule has 0 spiro atoms. The van der Waals surface area contributed by atoms with E-state index in [2.05, 4.69) is 30.5 Å². The highest BCUT2D eigenvalue weighted by atomic mass is 32.2. The quantitative estimate of drug-likeness (QED) is 0.723. The second-order valence-corrected chi connectivity index (χ2v) is 10.8. The second kappa shape index (κ2) is 8.24. The van der Waals surface area contributed by atoms with Crippen LogP contribution in [-0.4, -0.2) is 33.8 Å². The summed E-state index contributed by atoms with van der Waals surface area (Å²) in [5.41, 5.74) is 2.34. The molecule has 2 aromatic carbocycles. The Morgan fingerprint density at radius 3 is 2.59 bits per heavy atom. The molecule has 0 bridgehead atoms. The maximum atomic E-state index is 13.1. The van der Waals surface area contributed by atoms with Crippen LogP contribution in [0, 0.1) is 0 Å². The number of anilines is 2. The van der Waals surface area contributed by atoms with E-state index in [4.69, 9.17) is 4.74 Å². The van der Waals surface area contributed by atoms with Gasteiger partial charge in [0.2, 0.25) is 0 Å². The number of nitrogens with one attached hydrogen (secondary N) is 1. The van der Waals surface area contributed by atoms with Crippen LogP contribution in [0.25, 0.3) is 0 Å². The van der Waals surface area contributed by atoms with E-state index in [0.717, 1.165) is 31.4 Å². The van der Waals surface area contributed by atoms with Crippen LogP contribution in [-0.2, 0) is 15.4 Å². The molecule has 0 aromatic heterocycles. The van der Waals surface area contributed by atoms with Crippen LogP contribution in [0.3, 0.4) is 0 Å². The van der Waals surface area contributed by atoms with Gasteiger partial charge in [-0.25, -0.2) is 0 Å². The summed E-state index contributed by atoms with van der Waals surface area (Å²) in [5.74, 6) is 0.727. The number of methoxy groups -OCH3 is 1. The molecule has 0 saturated carbocycles. The highest BCUT2D eigenvalue weighted by molar-refractivity contribution is 7.90. The van der Waals surface area contributed by atoms with Crippen molar-refractivity contribution in [2.45, 2.75) is 56.8 Å². The Hall–Kier alpha value is -2.87. The molecule has 170 valence electrons. The van der Waals surface area contributed by atoms with Gasteiger partial charge >= 0.3 is 0 Å². The predicted molar refractivity (Wildman–Crippen MR) is 127 cm³/mol. The number of carbonyl (C=O) groups excluding carboxylic acids is 1. The number of rotatable bonds is 3. The van der Waals surface area contributed by atoms with E-state index in [0.29, 0.717) is 29.4 Å². The Morgan fingerprint density at radius 1 is 1.09 bits per heavy atom. The summed E-state index contributed by atoms with van der Waals surface area (Å²) in [4.78, 5) is 15.1. The number of amides is 1. The predicted octanol–water partition coefficient (Wildman–Crippen LogP) is 4.73. The molecule has 32 heavy (non-hydrogen) atoms. The van der Waals surface area contributed by atoms with E-state index in [1.165, 1.54) is 6.07 Å². The number of fused-ring (bicyclic) bond motifs is 3. The lowest BCUT2D eigenvalue weighted by molar-refractivity contribution is 0.102. The van der Waals surface area contributed by atoms with Gasteiger partial charge in [0.25, 0.3) is 15.9 Å². The van der Waals surface area contributed by atoms with E-state index in [-0.39, 0.29) is 15.9 Å². The van der Waals surface area contributed by atoms with Gasteiger partial charge in [0, 0.05) is 18.5 Å². The van der Waals surface area contributed by atoms with Gasteiger partial charge in [-0.2, -0.15) is 8.42 Å². The SMILES string of the molecule is COc1ccc(C(C)(C)C)cc1NC(=O)c1ccc2c(c1)S(=O)(=O)N=C1CCCCCN12. The molecule has 2 heterocycles. The first-order valence-corrected chi connectivity index (χ1v) is 12.3. The summed E-state index contributed by atoms with van der Waals surface area (Å²) in [7, 11) is -2.31. The van der Waals surface area contributed by atoms with Crippen molar-refractivity contribution in [2.75, 3.05) is 23.9 Å². The summed E-state index contributed by atoms with van der Waals surface area (Å²) in [6, 6.07) is 10.5. The number of carbonyl (C=O) groups is 1. The molecule has 1 amide bonds. The van der Waals surface area contributed by atoms with Crippen LogP contribution in [0.5, 0.6) is 5.75 Å². The number of hydrogen-bond donors (Lipinski definition) is 1. The van der Waals surface area contributed by atoms with Gasteiger partial charge in [0.05, 0.1) is 18.5 Å². The Labute approximate surface area is 189 Å². The van der Waals surface area contributed by atoms with Gasteiger partial charge in [-0.05, 0) is 54.2 Å². The van der Waals surface area contributed by atoms with Gasteiger partial charge < -0.3 is 15.0 Å². The highest BCUT2D eigenvalue weighted by Crippen LogP contribution is 2.36. The van der Waals surface area contributed by atoms with Crippen LogP contribution in [0.15, 0.2) is 45.7 Å². The number of ether oxygens (including phenoxy) is 1. The Bertz CT molecular complexity index is 1200. The fraction of sp³-hybridized carbons (Fsp3) is 0.417. The summed E-state index contributed by atoms with van der Waals surface area (Å²) in [5, 5.41) is 2.88. The van der Waals surface area contributed by atoms with Gasteiger partial charge in [0.15, 0.2) is 0 Å². The molecule has 1 saturated heterocycles. The number of nitrogens with zero attached hydrogens (tertiary/aromatic N) is 2. The van der Waals surface area contributed by atoms with Crippen LogP contribution in [0.2, 0.25) is 0 Å². The lowest BCUT2D eigenvalue weighted by atomic mass is 9.87. The van der Waals surface area contributed by atoms with E-state index in [1.54, 1.807) is 19.2 Å².